The second kappa shape index (κ2) is 12.7. The fourth-order valence-electron chi connectivity index (χ4n) is 8.01. The van der Waals surface area contributed by atoms with Gasteiger partial charge in [-0.15, -0.1) is 0 Å². The van der Waals surface area contributed by atoms with Crippen LogP contribution >= 0.6 is 0 Å². The summed E-state index contributed by atoms with van der Waals surface area (Å²) in [6.45, 7) is 9.51. The predicted octanol–water partition coefficient (Wildman–Crippen LogP) is 6.47. The summed E-state index contributed by atoms with van der Waals surface area (Å²) >= 11 is 0. The number of nitrogens with one attached hydrogen (secondary N) is 3. The van der Waals surface area contributed by atoms with Crippen molar-refractivity contribution >= 4 is 28.9 Å². The number of aromatic amines is 2. The van der Waals surface area contributed by atoms with Crippen molar-refractivity contribution < 1.29 is 23.9 Å². The van der Waals surface area contributed by atoms with Crippen LogP contribution in [0, 0.1) is 29.6 Å². The summed E-state index contributed by atoms with van der Waals surface area (Å²) < 4.78 is 10.5. The van der Waals surface area contributed by atoms with E-state index in [0.717, 1.165) is 59.1 Å². The number of likely N-dealkylation sites (tertiary alicyclic amines) is 2. The van der Waals surface area contributed by atoms with E-state index in [9.17, 15) is 14.4 Å². The van der Waals surface area contributed by atoms with Gasteiger partial charge in [-0.3, -0.25) is 9.69 Å². The lowest BCUT2D eigenvalue weighted by molar-refractivity contribution is -0.136. The van der Waals surface area contributed by atoms with Crippen molar-refractivity contribution in [2.75, 3.05) is 7.11 Å². The van der Waals surface area contributed by atoms with Crippen LogP contribution in [0.4, 0.5) is 9.59 Å². The van der Waals surface area contributed by atoms with Crippen LogP contribution in [0.5, 0.6) is 0 Å². The summed E-state index contributed by atoms with van der Waals surface area (Å²) in [5.41, 5.74) is 2.91. The first-order valence-electron chi connectivity index (χ1n) is 18.2. The summed E-state index contributed by atoms with van der Waals surface area (Å²) in [5, 5.41) is 4.86. The van der Waals surface area contributed by atoms with Crippen molar-refractivity contribution in [3.63, 3.8) is 0 Å². The Morgan fingerprint density at radius 2 is 1.52 bits per heavy atom. The summed E-state index contributed by atoms with van der Waals surface area (Å²) in [5.74, 6) is 8.73. The molecule has 2 aliphatic carbocycles. The van der Waals surface area contributed by atoms with Crippen LogP contribution in [0.15, 0.2) is 48.8 Å². The number of H-pyrrole nitrogens is 2. The molecule has 3 amide bonds. The molecule has 2 saturated heterocycles. The van der Waals surface area contributed by atoms with Crippen LogP contribution in [-0.2, 0) is 14.3 Å². The molecule has 7 atom stereocenters. The molecule has 4 fully saturated rings. The van der Waals surface area contributed by atoms with E-state index >= 15 is 0 Å². The van der Waals surface area contributed by atoms with Crippen LogP contribution in [0.3, 0.4) is 0 Å². The van der Waals surface area contributed by atoms with E-state index in [-0.39, 0.29) is 42.1 Å². The summed E-state index contributed by atoms with van der Waals surface area (Å²) in [7, 11) is 1.30. The number of methoxy groups -OCH3 is 1. The van der Waals surface area contributed by atoms with Gasteiger partial charge in [-0.25, -0.2) is 19.6 Å². The molecule has 3 N–H and O–H groups in total. The van der Waals surface area contributed by atoms with Gasteiger partial charge in [-0.05, 0) is 99.1 Å². The molecule has 2 aromatic carbocycles. The number of carbonyl (C=O) groups excluding carboxylic acids is 3. The van der Waals surface area contributed by atoms with Gasteiger partial charge in [0.1, 0.15) is 29.0 Å². The number of nitrogens with zero attached hydrogens (tertiary/aromatic N) is 4. The van der Waals surface area contributed by atoms with Crippen molar-refractivity contribution in [3.05, 3.63) is 71.7 Å². The molecule has 2 aliphatic heterocycles. The van der Waals surface area contributed by atoms with Crippen LogP contribution in [0.25, 0.3) is 22.0 Å². The minimum absolute atomic E-state index is 0.0966. The van der Waals surface area contributed by atoms with E-state index in [1.807, 2.05) is 56.7 Å². The van der Waals surface area contributed by atoms with Gasteiger partial charge >= 0.3 is 12.2 Å². The molecule has 0 bridgehead atoms. The average molecular weight is 704 g/mol. The number of carbonyl (C=O) groups is 3. The largest absolute Gasteiger partial charge is 0.453 e. The van der Waals surface area contributed by atoms with E-state index in [1.54, 1.807) is 6.20 Å². The maximum atomic E-state index is 13.7. The van der Waals surface area contributed by atoms with Crippen molar-refractivity contribution in [3.8, 4) is 23.1 Å². The van der Waals surface area contributed by atoms with Gasteiger partial charge in [-0.1, -0.05) is 38.0 Å². The van der Waals surface area contributed by atoms with E-state index in [4.69, 9.17) is 14.5 Å². The first kappa shape index (κ1) is 33.8. The molecule has 8 rings (SSSR count). The van der Waals surface area contributed by atoms with Crippen LogP contribution < -0.4 is 5.32 Å². The SMILES string of the molecule is COC(=O)N[C@H](C(=O)N1[C@@H]2C[C@@H]2C[C@H]1c1ncc(C#Cc2ccc3cc(-c4cnc([C@H]5C[C@H]6C[C@H]6N5C(=O)OC(C)(C)C)[nH]4)ccc3c2)[nH]1)C(C)C. The van der Waals surface area contributed by atoms with Crippen molar-refractivity contribution in [2.24, 2.45) is 17.8 Å². The maximum Gasteiger partial charge on any atom is 0.411 e. The normalized spacial score (nSPS) is 24.9. The lowest BCUT2D eigenvalue weighted by atomic mass is 10.0. The molecule has 0 spiro atoms. The lowest BCUT2D eigenvalue weighted by Crippen LogP contribution is -2.52. The minimum atomic E-state index is -0.677. The lowest BCUT2D eigenvalue weighted by Gasteiger charge is -2.31. The van der Waals surface area contributed by atoms with Crippen LogP contribution in [0.2, 0.25) is 0 Å². The first-order chi connectivity index (χ1) is 24.9. The van der Waals surface area contributed by atoms with Crippen LogP contribution in [-0.4, -0.2) is 78.7 Å². The third-order valence-corrected chi connectivity index (χ3v) is 10.8. The Morgan fingerprint density at radius 1 is 0.865 bits per heavy atom. The molecule has 0 unspecified atom stereocenters. The molecule has 12 nitrogen and oxygen atoms in total. The topological polar surface area (TPSA) is 146 Å². The Bertz CT molecular complexity index is 2120. The molecular weight excluding hydrogens is 658 g/mol. The van der Waals surface area contributed by atoms with Crippen molar-refractivity contribution in [1.82, 2.24) is 35.1 Å². The number of benzene rings is 2. The molecule has 270 valence electrons. The maximum absolute atomic E-state index is 13.7. The fraction of sp³-hybridized carbons (Fsp3) is 0.475. The second-order valence-electron chi connectivity index (χ2n) is 16.0. The number of fused-ring (bicyclic) bond motifs is 3. The molecule has 4 aliphatic rings. The summed E-state index contributed by atoms with van der Waals surface area (Å²) in [6, 6.07) is 11.8. The number of aromatic nitrogens is 4. The average Bonchev–Trinajstić information content (AvgIpc) is 3.70. The van der Waals surface area contributed by atoms with E-state index < -0.39 is 17.7 Å². The van der Waals surface area contributed by atoms with Crippen molar-refractivity contribution in [1.29, 1.82) is 0 Å². The Morgan fingerprint density at radius 3 is 2.23 bits per heavy atom. The second-order valence-corrected chi connectivity index (χ2v) is 16.0. The van der Waals surface area contributed by atoms with Gasteiger partial charge < -0.3 is 29.7 Å². The number of hydrogen-bond acceptors (Lipinski definition) is 7. The highest BCUT2D eigenvalue weighted by atomic mass is 16.6. The van der Waals surface area contributed by atoms with Gasteiger partial charge in [0, 0.05) is 23.2 Å². The smallest absolute Gasteiger partial charge is 0.411 e. The highest BCUT2D eigenvalue weighted by molar-refractivity contribution is 5.88. The third kappa shape index (κ3) is 6.49. The minimum Gasteiger partial charge on any atom is -0.453 e. The van der Waals surface area contributed by atoms with Gasteiger partial charge in [0.25, 0.3) is 0 Å². The van der Waals surface area contributed by atoms with Crippen LogP contribution in [0.1, 0.15) is 95.3 Å². The van der Waals surface area contributed by atoms with E-state index in [2.05, 4.69) is 62.4 Å². The number of hydrogen-bond donors (Lipinski definition) is 3. The Balaban J connectivity index is 0.953. The van der Waals surface area contributed by atoms with E-state index in [0.29, 0.717) is 23.4 Å². The Hall–Kier alpha value is -5.31. The monoisotopic (exact) mass is 703 g/mol. The van der Waals surface area contributed by atoms with Gasteiger partial charge in [0.15, 0.2) is 0 Å². The zero-order chi connectivity index (χ0) is 36.5. The number of imidazole rings is 2. The third-order valence-electron chi connectivity index (χ3n) is 10.8. The zero-order valence-electron chi connectivity index (χ0n) is 30.4. The Labute approximate surface area is 303 Å². The summed E-state index contributed by atoms with van der Waals surface area (Å²) in [4.78, 5) is 58.7. The molecule has 2 saturated carbocycles. The summed E-state index contributed by atoms with van der Waals surface area (Å²) in [6.07, 6.45) is 6.41. The van der Waals surface area contributed by atoms with Gasteiger partial charge in [0.2, 0.25) is 5.91 Å². The number of ether oxygens (including phenoxy) is 2. The van der Waals surface area contributed by atoms with Gasteiger partial charge in [-0.2, -0.15) is 0 Å². The zero-order valence-corrected chi connectivity index (χ0v) is 30.4. The predicted molar refractivity (Wildman–Crippen MR) is 194 cm³/mol. The molecule has 0 radical (unpaired) electrons. The highest BCUT2D eigenvalue weighted by Gasteiger charge is 2.57. The molecular formula is C40H45N7O5. The first-order valence-corrected chi connectivity index (χ1v) is 18.2. The van der Waals surface area contributed by atoms with Crippen molar-refractivity contribution in [2.45, 2.75) is 96.1 Å². The van der Waals surface area contributed by atoms with Gasteiger partial charge in [0.05, 0.1) is 37.3 Å². The number of piperidine rings is 2. The molecule has 12 heteroatoms. The van der Waals surface area contributed by atoms with E-state index in [1.165, 1.54) is 7.11 Å². The molecule has 4 aromatic rings. The molecule has 52 heavy (non-hydrogen) atoms. The standard InChI is InChI=1S/C40H45N7O5/c1-21(2)34(45-38(49)51-6)37(48)46-30-15-26(30)17-32(46)35-41-19-28(43-35)12-8-22-7-9-24-14-25(11-10-23(24)13-22)29-20-42-36(44-29)33-18-27-16-31(27)47(33)39(50)52-40(3,4)5/h7,9-11,13-14,19-21,26-27,30-34H,15-18H2,1-6H3,(H,41,43)(H,42,44)(H,45,49)/t26-,27-,30-,31-,32+,33-,34+/m1/s1. The fourth-order valence-corrected chi connectivity index (χ4v) is 8.01. The number of amides is 3. The Kier molecular flexibility index (Phi) is 8.27. The quantitative estimate of drug-likeness (QED) is 0.195. The number of rotatable bonds is 6. The highest BCUT2D eigenvalue weighted by Crippen LogP contribution is 2.54. The molecule has 2 aromatic heterocycles. The molecule has 4 heterocycles. The number of alkyl carbamates (subject to hydrolysis) is 1.